The zero-order valence-corrected chi connectivity index (χ0v) is 9.31. The van der Waals surface area contributed by atoms with Crippen LogP contribution in [0.1, 0.15) is 30.3 Å². The van der Waals surface area contributed by atoms with Crippen LogP contribution in [-0.2, 0) is 9.53 Å². The Balaban J connectivity index is 2.37. The maximum atomic E-state index is 11.6. The van der Waals surface area contributed by atoms with E-state index < -0.39 is 0 Å². The molecule has 1 heterocycles. The summed E-state index contributed by atoms with van der Waals surface area (Å²) in [6.45, 7) is 2.83. The molecule has 0 spiro atoms. The highest BCUT2D eigenvalue weighted by Crippen LogP contribution is 2.01. The number of hydrogen-bond donors (Lipinski definition) is 0. The molecule has 0 aliphatic carbocycles. The van der Waals surface area contributed by atoms with E-state index in [9.17, 15) is 9.59 Å². The molecule has 0 aromatic carbocycles. The minimum Gasteiger partial charge on any atom is -0.381 e. The van der Waals surface area contributed by atoms with Gasteiger partial charge in [-0.15, -0.1) is 0 Å². The van der Waals surface area contributed by atoms with Gasteiger partial charge in [0.25, 0.3) is 0 Å². The van der Waals surface area contributed by atoms with Crippen molar-refractivity contribution in [2.45, 2.75) is 19.8 Å². The average Bonchev–Trinajstić information content (AvgIpc) is 2.30. The minimum absolute atomic E-state index is 0.0932. The number of pyridine rings is 1. The summed E-state index contributed by atoms with van der Waals surface area (Å²) >= 11 is 0. The first-order valence-corrected chi connectivity index (χ1v) is 5.27. The van der Waals surface area contributed by atoms with E-state index in [0.717, 1.165) is 0 Å². The fourth-order valence-corrected chi connectivity index (χ4v) is 1.22. The fraction of sp³-hybridized carbons (Fsp3) is 0.417. The molecule has 0 N–H and O–H groups in total. The fourth-order valence-electron chi connectivity index (χ4n) is 1.22. The number of ketones is 2. The molecule has 86 valence electrons. The van der Waals surface area contributed by atoms with Crippen molar-refractivity contribution in [2.75, 3.05) is 13.2 Å². The lowest BCUT2D eigenvalue weighted by atomic mass is 10.1. The number of hydrogen-bond acceptors (Lipinski definition) is 4. The summed E-state index contributed by atoms with van der Waals surface area (Å²) < 4.78 is 5.04. The highest BCUT2D eigenvalue weighted by Gasteiger charge is 2.12. The van der Waals surface area contributed by atoms with Crippen LogP contribution >= 0.6 is 0 Å². The largest absolute Gasteiger partial charge is 0.381 e. The molecule has 0 fully saturated rings. The topological polar surface area (TPSA) is 56.3 Å². The van der Waals surface area contributed by atoms with Crippen molar-refractivity contribution >= 4 is 11.6 Å². The van der Waals surface area contributed by atoms with Gasteiger partial charge in [0, 0.05) is 19.2 Å². The number of ether oxygens (including phenoxy) is 1. The van der Waals surface area contributed by atoms with E-state index in [1.165, 1.54) is 6.20 Å². The Morgan fingerprint density at radius 2 is 2.19 bits per heavy atom. The number of nitrogens with zero attached hydrogens (tertiary/aromatic N) is 1. The number of aromatic nitrogens is 1. The van der Waals surface area contributed by atoms with Crippen molar-refractivity contribution in [3.63, 3.8) is 0 Å². The Morgan fingerprint density at radius 3 is 2.81 bits per heavy atom. The Hall–Kier alpha value is -1.55. The lowest BCUT2D eigenvalue weighted by Gasteiger charge is -2.00. The number of carbonyl (C=O) groups is 2. The second-order valence-electron chi connectivity index (χ2n) is 3.30. The third kappa shape index (κ3) is 4.31. The molecule has 0 radical (unpaired) electrons. The molecule has 0 atom stereocenters. The van der Waals surface area contributed by atoms with Gasteiger partial charge >= 0.3 is 0 Å². The molecule has 0 aliphatic heterocycles. The Kier molecular flexibility index (Phi) is 5.36. The highest BCUT2D eigenvalue weighted by molar-refractivity contribution is 6.06. The maximum absolute atomic E-state index is 11.6. The molecule has 4 heteroatoms. The first-order valence-electron chi connectivity index (χ1n) is 5.27. The molecule has 0 amide bonds. The van der Waals surface area contributed by atoms with Gasteiger partial charge in [0.1, 0.15) is 11.5 Å². The zero-order chi connectivity index (χ0) is 11.8. The first-order chi connectivity index (χ1) is 7.74. The van der Waals surface area contributed by atoms with Crippen molar-refractivity contribution in [2.24, 2.45) is 0 Å². The molecule has 0 bridgehead atoms. The predicted molar refractivity (Wildman–Crippen MR) is 59.3 cm³/mol. The average molecular weight is 221 g/mol. The summed E-state index contributed by atoms with van der Waals surface area (Å²) in [6.07, 6.45) is 1.73. The van der Waals surface area contributed by atoms with Crippen LogP contribution in [0.2, 0.25) is 0 Å². The monoisotopic (exact) mass is 221 g/mol. The van der Waals surface area contributed by atoms with Crippen LogP contribution in [-0.4, -0.2) is 29.8 Å². The van der Waals surface area contributed by atoms with Gasteiger partial charge in [-0.2, -0.15) is 0 Å². The molecule has 16 heavy (non-hydrogen) atoms. The summed E-state index contributed by atoms with van der Waals surface area (Å²) in [5.74, 6) is -0.341. The molecule has 1 aromatic rings. The van der Waals surface area contributed by atoms with Gasteiger partial charge in [0.2, 0.25) is 0 Å². The quantitative estimate of drug-likeness (QED) is 0.399. The smallest absolute Gasteiger partial charge is 0.188 e. The van der Waals surface area contributed by atoms with Crippen LogP contribution in [0, 0.1) is 0 Å². The molecule has 4 nitrogen and oxygen atoms in total. The van der Waals surface area contributed by atoms with Crippen LogP contribution in [0.3, 0.4) is 0 Å². The summed E-state index contributed by atoms with van der Waals surface area (Å²) in [4.78, 5) is 26.8. The molecular formula is C12H15NO3. The molecule has 0 saturated carbocycles. The number of Topliss-reactive ketones (excluding diaryl/α,β-unsaturated/α-hetero) is 2. The summed E-state index contributed by atoms with van der Waals surface area (Å²) in [6, 6.07) is 5.07. The van der Waals surface area contributed by atoms with E-state index >= 15 is 0 Å². The van der Waals surface area contributed by atoms with Gasteiger partial charge < -0.3 is 4.74 Å². The van der Waals surface area contributed by atoms with Gasteiger partial charge in [0.15, 0.2) is 5.78 Å². The number of carbonyl (C=O) groups excluding carboxylic acids is 2. The molecule has 0 aliphatic rings. The van der Waals surface area contributed by atoms with Crippen molar-refractivity contribution in [3.05, 3.63) is 30.1 Å². The lowest BCUT2D eigenvalue weighted by Crippen LogP contribution is -2.11. The van der Waals surface area contributed by atoms with Crippen LogP contribution in [0.25, 0.3) is 0 Å². The summed E-state index contributed by atoms with van der Waals surface area (Å²) in [5.41, 5.74) is 0.340. The van der Waals surface area contributed by atoms with Crippen molar-refractivity contribution < 1.29 is 14.3 Å². The van der Waals surface area contributed by atoms with E-state index in [0.29, 0.717) is 18.9 Å². The standard InChI is InChI=1S/C12H15NO3/c1-2-16-8-6-10(14)9-12(15)11-5-3-4-7-13-11/h3-5,7H,2,6,8-9H2,1H3. The van der Waals surface area contributed by atoms with E-state index in [1.54, 1.807) is 18.2 Å². The van der Waals surface area contributed by atoms with Gasteiger partial charge in [-0.05, 0) is 19.1 Å². The Labute approximate surface area is 94.6 Å². The normalized spacial score (nSPS) is 10.1. The van der Waals surface area contributed by atoms with E-state index in [-0.39, 0.29) is 24.4 Å². The van der Waals surface area contributed by atoms with Gasteiger partial charge in [-0.3, -0.25) is 14.6 Å². The molecule has 0 saturated heterocycles. The first kappa shape index (κ1) is 12.5. The third-order valence-electron chi connectivity index (χ3n) is 2.04. The SMILES string of the molecule is CCOCCC(=O)CC(=O)c1ccccn1. The highest BCUT2D eigenvalue weighted by atomic mass is 16.5. The predicted octanol–water partition coefficient (Wildman–Crippen LogP) is 1.65. The molecule has 0 unspecified atom stereocenters. The molecular weight excluding hydrogens is 206 g/mol. The second kappa shape index (κ2) is 6.85. The van der Waals surface area contributed by atoms with Crippen LogP contribution in [0.4, 0.5) is 0 Å². The van der Waals surface area contributed by atoms with E-state index in [1.807, 2.05) is 6.92 Å². The van der Waals surface area contributed by atoms with E-state index in [2.05, 4.69) is 4.98 Å². The summed E-state index contributed by atoms with van der Waals surface area (Å²) in [7, 11) is 0. The zero-order valence-electron chi connectivity index (χ0n) is 9.31. The number of rotatable bonds is 7. The van der Waals surface area contributed by atoms with Crippen LogP contribution in [0.15, 0.2) is 24.4 Å². The minimum atomic E-state index is -0.234. The lowest BCUT2D eigenvalue weighted by molar-refractivity contribution is -0.119. The third-order valence-corrected chi connectivity index (χ3v) is 2.04. The second-order valence-corrected chi connectivity index (χ2v) is 3.30. The van der Waals surface area contributed by atoms with Crippen molar-refractivity contribution in [3.8, 4) is 0 Å². The van der Waals surface area contributed by atoms with Gasteiger partial charge in [-0.1, -0.05) is 6.07 Å². The molecule has 1 rings (SSSR count). The van der Waals surface area contributed by atoms with Crippen LogP contribution in [0.5, 0.6) is 0 Å². The van der Waals surface area contributed by atoms with Gasteiger partial charge in [0.05, 0.1) is 13.0 Å². The Bertz CT molecular complexity index is 349. The maximum Gasteiger partial charge on any atom is 0.188 e. The van der Waals surface area contributed by atoms with Crippen LogP contribution < -0.4 is 0 Å². The van der Waals surface area contributed by atoms with Gasteiger partial charge in [-0.25, -0.2) is 0 Å². The molecule has 1 aromatic heterocycles. The van der Waals surface area contributed by atoms with Crippen molar-refractivity contribution in [1.29, 1.82) is 0 Å². The summed E-state index contributed by atoms with van der Waals surface area (Å²) in [5, 5.41) is 0. The Morgan fingerprint density at radius 1 is 1.38 bits per heavy atom. The van der Waals surface area contributed by atoms with Crippen molar-refractivity contribution in [1.82, 2.24) is 4.98 Å². The van der Waals surface area contributed by atoms with E-state index in [4.69, 9.17) is 4.74 Å².